The highest BCUT2D eigenvalue weighted by Gasteiger charge is 2.13. The predicted octanol–water partition coefficient (Wildman–Crippen LogP) is -0.190. The molecular weight excluding hydrogens is 238 g/mol. The van der Waals surface area contributed by atoms with Crippen molar-refractivity contribution in [3.05, 3.63) is 28.2 Å². The van der Waals surface area contributed by atoms with Crippen molar-refractivity contribution in [2.24, 2.45) is 0 Å². The summed E-state index contributed by atoms with van der Waals surface area (Å²) >= 11 is 0. The molecule has 1 heterocycles. The van der Waals surface area contributed by atoms with Crippen LogP contribution in [-0.4, -0.2) is 44.8 Å². The molecule has 0 saturated heterocycles. The number of hydrogen-bond acceptors (Lipinski definition) is 4. The first-order valence-electron chi connectivity index (χ1n) is 5.58. The average Bonchev–Trinajstić information content (AvgIpc) is 2.33. The quantitative estimate of drug-likeness (QED) is 0.785. The molecule has 0 aliphatic heterocycles. The summed E-state index contributed by atoms with van der Waals surface area (Å²) in [5.41, 5.74) is -0.762. The summed E-state index contributed by atoms with van der Waals surface area (Å²) in [6.45, 7) is 4.46. The molecular formula is C11H15N3O4. The van der Waals surface area contributed by atoms with Gasteiger partial charge in [0.2, 0.25) is 5.91 Å². The van der Waals surface area contributed by atoms with Crippen molar-refractivity contribution in [2.75, 3.05) is 13.1 Å². The highest BCUT2D eigenvalue weighted by atomic mass is 16.4. The normalized spacial score (nSPS) is 10.1. The number of likely N-dealkylation sites (N-methyl/N-ethyl adjacent to an activating group) is 1. The van der Waals surface area contributed by atoms with E-state index in [-0.39, 0.29) is 18.1 Å². The number of aromatic nitrogens is 2. The van der Waals surface area contributed by atoms with Crippen LogP contribution in [0.2, 0.25) is 0 Å². The third-order valence-electron chi connectivity index (χ3n) is 2.49. The predicted molar refractivity (Wildman–Crippen MR) is 63.4 cm³/mol. The minimum Gasteiger partial charge on any atom is -0.476 e. The fourth-order valence-corrected chi connectivity index (χ4v) is 1.48. The molecule has 0 spiro atoms. The number of carbonyl (C=O) groups excluding carboxylic acids is 1. The lowest BCUT2D eigenvalue weighted by molar-refractivity contribution is -0.131. The maximum atomic E-state index is 11.8. The van der Waals surface area contributed by atoms with E-state index in [2.05, 4.69) is 5.10 Å². The molecule has 0 bridgehead atoms. The van der Waals surface area contributed by atoms with E-state index < -0.39 is 11.5 Å². The zero-order valence-corrected chi connectivity index (χ0v) is 10.3. The van der Waals surface area contributed by atoms with Gasteiger partial charge < -0.3 is 10.0 Å². The molecule has 0 saturated carbocycles. The van der Waals surface area contributed by atoms with Gasteiger partial charge >= 0.3 is 5.97 Å². The van der Waals surface area contributed by atoms with Gasteiger partial charge in [0.15, 0.2) is 5.69 Å². The molecule has 7 nitrogen and oxygen atoms in total. The molecule has 98 valence electrons. The van der Waals surface area contributed by atoms with E-state index in [1.54, 1.807) is 4.90 Å². The number of carboxylic acid groups (broad SMARTS) is 1. The minimum atomic E-state index is -1.24. The molecule has 0 radical (unpaired) electrons. The van der Waals surface area contributed by atoms with E-state index in [9.17, 15) is 14.4 Å². The summed E-state index contributed by atoms with van der Waals surface area (Å²) in [6.07, 6.45) is 0. The fourth-order valence-electron chi connectivity index (χ4n) is 1.48. The zero-order chi connectivity index (χ0) is 13.7. The molecule has 0 fully saturated rings. The second-order valence-corrected chi connectivity index (χ2v) is 3.59. The van der Waals surface area contributed by atoms with Gasteiger partial charge in [-0.15, -0.1) is 0 Å². The lowest BCUT2D eigenvalue weighted by Gasteiger charge is -2.18. The topological polar surface area (TPSA) is 92.5 Å². The number of carbonyl (C=O) groups is 2. The second-order valence-electron chi connectivity index (χ2n) is 3.59. The van der Waals surface area contributed by atoms with Gasteiger partial charge in [0.05, 0.1) is 0 Å². The van der Waals surface area contributed by atoms with Crippen molar-refractivity contribution < 1.29 is 14.7 Å². The van der Waals surface area contributed by atoms with E-state index >= 15 is 0 Å². The number of amides is 1. The van der Waals surface area contributed by atoms with Gasteiger partial charge in [0, 0.05) is 19.2 Å². The third-order valence-corrected chi connectivity index (χ3v) is 2.49. The maximum absolute atomic E-state index is 11.8. The van der Waals surface area contributed by atoms with Crippen LogP contribution in [0.3, 0.4) is 0 Å². The van der Waals surface area contributed by atoms with Crippen LogP contribution in [0.25, 0.3) is 0 Å². The maximum Gasteiger partial charge on any atom is 0.356 e. The average molecular weight is 253 g/mol. The van der Waals surface area contributed by atoms with Crippen LogP contribution in [0.4, 0.5) is 0 Å². The van der Waals surface area contributed by atoms with Gasteiger partial charge in [0.1, 0.15) is 6.54 Å². The van der Waals surface area contributed by atoms with Gasteiger partial charge in [-0.05, 0) is 19.9 Å². The fraction of sp³-hybridized carbons (Fsp3) is 0.455. The molecule has 1 N–H and O–H groups in total. The van der Waals surface area contributed by atoms with Crippen LogP contribution >= 0.6 is 0 Å². The van der Waals surface area contributed by atoms with E-state index in [1.807, 2.05) is 13.8 Å². The molecule has 0 atom stereocenters. The Bertz CT molecular complexity index is 505. The summed E-state index contributed by atoms with van der Waals surface area (Å²) in [6, 6.07) is 2.20. The first-order valence-corrected chi connectivity index (χ1v) is 5.58. The Morgan fingerprint density at radius 3 is 2.44 bits per heavy atom. The molecule has 1 rings (SSSR count). The first kappa shape index (κ1) is 13.9. The van der Waals surface area contributed by atoms with Crippen molar-refractivity contribution in [3.63, 3.8) is 0 Å². The Morgan fingerprint density at radius 2 is 1.94 bits per heavy atom. The van der Waals surface area contributed by atoms with Gasteiger partial charge in [-0.25, -0.2) is 9.48 Å². The van der Waals surface area contributed by atoms with Crippen molar-refractivity contribution >= 4 is 11.9 Å². The Balaban J connectivity index is 2.96. The van der Waals surface area contributed by atoms with Crippen LogP contribution < -0.4 is 5.56 Å². The number of aromatic carboxylic acids is 1. The van der Waals surface area contributed by atoms with Gasteiger partial charge in [-0.3, -0.25) is 9.59 Å². The van der Waals surface area contributed by atoms with Crippen molar-refractivity contribution in [1.82, 2.24) is 14.7 Å². The standard InChI is InChI=1S/C11H15N3O4/c1-3-13(4-2)10(16)7-14-9(15)6-5-8(12-14)11(17)18/h5-6H,3-4,7H2,1-2H3,(H,17,18). The summed E-state index contributed by atoms with van der Waals surface area (Å²) < 4.78 is 0.865. The lowest BCUT2D eigenvalue weighted by Crippen LogP contribution is -2.37. The van der Waals surface area contributed by atoms with Gasteiger partial charge in [-0.2, -0.15) is 5.10 Å². The molecule has 1 aromatic heterocycles. The Hall–Kier alpha value is -2.18. The smallest absolute Gasteiger partial charge is 0.356 e. The summed E-state index contributed by atoms with van der Waals surface area (Å²) in [5.74, 6) is -1.50. The monoisotopic (exact) mass is 253 g/mol. The van der Waals surface area contributed by atoms with Crippen LogP contribution in [0.15, 0.2) is 16.9 Å². The molecule has 18 heavy (non-hydrogen) atoms. The molecule has 1 amide bonds. The van der Waals surface area contributed by atoms with Crippen molar-refractivity contribution in [2.45, 2.75) is 20.4 Å². The van der Waals surface area contributed by atoms with Crippen LogP contribution in [0.5, 0.6) is 0 Å². The van der Waals surface area contributed by atoms with E-state index in [4.69, 9.17) is 5.11 Å². The SMILES string of the molecule is CCN(CC)C(=O)Cn1nc(C(=O)O)ccc1=O. The lowest BCUT2D eigenvalue weighted by atomic mass is 10.4. The summed E-state index contributed by atoms with van der Waals surface area (Å²) in [7, 11) is 0. The summed E-state index contributed by atoms with van der Waals surface area (Å²) in [5, 5.41) is 12.4. The van der Waals surface area contributed by atoms with Gasteiger partial charge in [-0.1, -0.05) is 0 Å². The molecule has 0 aliphatic rings. The number of nitrogens with zero attached hydrogens (tertiary/aromatic N) is 3. The van der Waals surface area contributed by atoms with E-state index in [0.29, 0.717) is 13.1 Å². The van der Waals surface area contributed by atoms with Gasteiger partial charge in [0.25, 0.3) is 5.56 Å². The molecule has 7 heteroatoms. The van der Waals surface area contributed by atoms with Crippen LogP contribution in [0.1, 0.15) is 24.3 Å². The van der Waals surface area contributed by atoms with Crippen LogP contribution in [0, 0.1) is 0 Å². The molecule has 0 aliphatic carbocycles. The van der Waals surface area contributed by atoms with E-state index in [1.165, 1.54) is 0 Å². The number of hydrogen-bond donors (Lipinski definition) is 1. The highest BCUT2D eigenvalue weighted by Crippen LogP contribution is 1.94. The molecule has 1 aromatic rings. The number of rotatable bonds is 5. The Morgan fingerprint density at radius 1 is 1.33 bits per heavy atom. The summed E-state index contributed by atoms with van der Waals surface area (Å²) in [4.78, 5) is 35.5. The first-order chi connectivity index (χ1) is 8.49. The Labute approximate surface area is 104 Å². The largest absolute Gasteiger partial charge is 0.476 e. The zero-order valence-electron chi connectivity index (χ0n) is 10.3. The minimum absolute atomic E-state index is 0.248. The molecule has 0 aromatic carbocycles. The van der Waals surface area contributed by atoms with Crippen molar-refractivity contribution in [1.29, 1.82) is 0 Å². The second kappa shape index (κ2) is 5.95. The highest BCUT2D eigenvalue weighted by molar-refractivity contribution is 5.85. The number of carboxylic acids is 1. The van der Waals surface area contributed by atoms with E-state index in [0.717, 1.165) is 16.8 Å². The van der Waals surface area contributed by atoms with Crippen molar-refractivity contribution in [3.8, 4) is 0 Å². The van der Waals surface area contributed by atoms with Crippen LogP contribution in [-0.2, 0) is 11.3 Å². The Kier molecular flexibility index (Phi) is 4.59. The third kappa shape index (κ3) is 3.16. The molecule has 0 unspecified atom stereocenters.